The van der Waals surface area contributed by atoms with Crippen LogP contribution in [0.5, 0.6) is 5.75 Å². The summed E-state index contributed by atoms with van der Waals surface area (Å²) in [7, 11) is 2.96. The van der Waals surface area contributed by atoms with Crippen LogP contribution in [0.2, 0.25) is 0 Å². The molecule has 0 aliphatic heterocycles. The van der Waals surface area contributed by atoms with E-state index in [1.54, 1.807) is 18.2 Å². The molecule has 0 amide bonds. The van der Waals surface area contributed by atoms with Crippen LogP contribution in [-0.4, -0.2) is 16.7 Å². The molecule has 0 unspecified atom stereocenters. The number of ether oxygens (including phenoxy) is 1. The predicted octanol–water partition coefficient (Wildman–Crippen LogP) is 3.85. The van der Waals surface area contributed by atoms with Crippen LogP contribution in [0.25, 0.3) is 11.4 Å². The van der Waals surface area contributed by atoms with Crippen LogP contribution < -0.4 is 4.74 Å². The van der Waals surface area contributed by atoms with Gasteiger partial charge in [-0.3, -0.25) is 0 Å². The van der Waals surface area contributed by atoms with Crippen molar-refractivity contribution >= 4 is 11.6 Å². The van der Waals surface area contributed by atoms with Gasteiger partial charge in [0.25, 0.3) is 0 Å². The van der Waals surface area contributed by atoms with Crippen LogP contribution in [0.4, 0.5) is 13.2 Å². The van der Waals surface area contributed by atoms with Crippen molar-refractivity contribution in [3.8, 4) is 17.1 Å². The van der Waals surface area contributed by atoms with E-state index in [-0.39, 0.29) is 5.82 Å². The van der Waals surface area contributed by atoms with E-state index in [2.05, 4.69) is 4.98 Å². The summed E-state index contributed by atoms with van der Waals surface area (Å²) in [6, 6.07) is 5.07. The zero-order valence-electron chi connectivity index (χ0n) is 10.8. The molecule has 0 saturated heterocycles. The molecular weight excluding hydrogens is 293 g/mol. The molecule has 0 aliphatic rings. The predicted molar refractivity (Wildman–Crippen MR) is 69.8 cm³/mol. The monoisotopic (exact) mass is 304 g/mol. The molecule has 108 valence electrons. The Morgan fingerprint density at radius 3 is 2.55 bits per heavy atom. The number of benzene rings is 1. The van der Waals surface area contributed by atoms with Gasteiger partial charge in [-0.1, -0.05) is 6.07 Å². The topological polar surface area (TPSA) is 27.1 Å². The van der Waals surface area contributed by atoms with Gasteiger partial charge in [0.2, 0.25) is 0 Å². The Morgan fingerprint density at radius 1 is 1.35 bits per heavy atom. The van der Waals surface area contributed by atoms with Gasteiger partial charge >= 0.3 is 6.18 Å². The minimum absolute atomic E-state index is 0.190. The van der Waals surface area contributed by atoms with Crippen LogP contribution in [-0.2, 0) is 19.1 Å². The summed E-state index contributed by atoms with van der Waals surface area (Å²) < 4.78 is 44.5. The fraction of sp³-hybridized carbons (Fsp3) is 0.308. The molecule has 20 heavy (non-hydrogen) atoms. The smallest absolute Gasteiger partial charge is 0.434 e. The van der Waals surface area contributed by atoms with Crippen molar-refractivity contribution in [1.29, 1.82) is 0 Å². The first kappa shape index (κ1) is 14.7. The summed E-state index contributed by atoms with van der Waals surface area (Å²) in [4.78, 5) is 3.64. The van der Waals surface area contributed by atoms with E-state index < -0.39 is 11.9 Å². The maximum Gasteiger partial charge on any atom is 0.434 e. The molecule has 2 aromatic rings. The third-order valence-electron chi connectivity index (χ3n) is 2.83. The molecular formula is C13H12ClF3N2O. The fourth-order valence-electron chi connectivity index (χ4n) is 1.86. The fourth-order valence-corrected chi connectivity index (χ4v) is 2.02. The molecule has 1 aromatic heterocycles. The number of halogens is 4. The number of nitrogens with zero attached hydrogens (tertiary/aromatic N) is 2. The highest BCUT2D eigenvalue weighted by atomic mass is 35.5. The van der Waals surface area contributed by atoms with Gasteiger partial charge in [0.15, 0.2) is 5.69 Å². The highest BCUT2D eigenvalue weighted by Gasteiger charge is 2.34. The summed E-state index contributed by atoms with van der Waals surface area (Å²) in [6.45, 7) is 0. The number of aryl methyl sites for hydroxylation is 1. The average Bonchev–Trinajstić information content (AvgIpc) is 2.80. The van der Waals surface area contributed by atoms with Gasteiger partial charge in [0.1, 0.15) is 11.6 Å². The number of methoxy groups -OCH3 is 1. The van der Waals surface area contributed by atoms with E-state index in [9.17, 15) is 13.2 Å². The van der Waals surface area contributed by atoms with E-state index in [1.807, 2.05) is 0 Å². The molecule has 2 rings (SSSR count). The van der Waals surface area contributed by atoms with Crippen molar-refractivity contribution < 1.29 is 17.9 Å². The maximum atomic E-state index is 12.7. The quantitative estimate of drug-likeness (QED) is 0.805. The highest BCUT2D eigenvalue weighted by Crippen LogP contribution is 2.34. The lowest BCUT2D eigenvalue weighted by atomic mass is 10.1. The highest BCUT2D eigenvalue weighted by molar-refractivity contribution is 6.17. The maximum absolute atomic E-state index is 12.7. The number of hydrogen-bond donors (Lipinski definition) is 0. The SMILES string of the molecule is COc1cc(CCl)ccc1-c1nc(C(F)(F)F)cn1C. The minimum Gasteiger partial charge on any atom is -0.496 e. The summed E-state index contributed by atoms with van der Waals surface area (Å²) in [5, 5.41) is 0. The van der Waals surface area contributed by atoms with E-state index in [4.69, 9.17) is 16.3 Å². The normalized spacial score (nSPS) is 11.7. The third-order valence-corrected chi connectivity index (χ3v) is 3.14. The van der Waals surface area contributed by atoms with Gasteiger partial charge in [-0.05, 0) is 17.7 Å². The third kappa shape index (κ3) is 2.75. The van der Waals surface area contributed by atoms with E-state index in [0.29, 0.717) is 17.2 Å². The summed E-state index contributed by atoms with van der Waals surface area (Å²) in [5.41, 5.74) is 0.371. The second-order valence-corrected chi connectivity index (χ2v) is 4.49. The number of aromatic nitrogens is 2. The molecule has 3 nitrogen and oxygen atoms in total. The van der Waals surface area contributed by atoms with Crippen LogP contribution in [0.3, 0.4) is 0 Å². The molecule has 0 saturated carbocycles. The Kier molecular flexibility index (Phi) is 3.94. The van der Waals surface area contributed by atoms with Gasteiger partial charge in [0, 0.05) is 19.1 Å². The van der Waals surface area contributed by atoms with Crippen molar-refractivity contribution in [2.75, 3.05) is 7.11 Å². The lowest BCUT2D eigenvalue weighted by Crippen LogP contribution is -2.05. The van der Waals surface area contributed by atoms with E-state index >= 15 is 0 Å². The van der Waals surface area contributed by atoms with Crippen LogP contribution in [0.15, 0.2) is 24.4 Å². The molecule has 0 radical (unpaired) electrons. The Balaban J connectivity index is 2.54. The van der Waals surface area contributed by atoms with Crippen LogP contribution in [0.1, 0.15) is 11.3 Å². The van der Waals surface area contributed by atoms with Crippen molar-refractivity contribution in [1.82, 2.24) is 9.55 Å². The van der Waals surface area contributed by atoms with Gasteiger partial charge < -0.3 is 9.30 Å². The van der Waals surface area contributed by atoms with Crippen LogP contribution in [0, 0.1) is 0 Å². The molecule has 0 atom stereocenters. The van der Waals surface area contributed by atoms with Crippen molar-refractivity contribution in [2.45, 2.75) is 12.1 Å². The van der Waals surface area contributed by atoms with Gasteiger partial charge in [0.05, 0.1) is 12.7 Å². The number of hydrogen-bond acceptors (Lipinski definition) is 2. The van der Waals surface area contributed by atoms with Gasteiger partial charge in [-0.25, -0.2) is 4.98 Å². The second-order valence-electron chi connectivity index (χ2n) is 4.23. The molecule has 0 fully saturated rings. The van der Waals surface area contributed by atoms with Gasteiger partial charge in [-0.15, -0.1) is 11.6 Å². The van der Waals surface area contributed by atoms with Crippen molar-refractivity contribution in [3.05, 3.63) is 35.7 Å². The molecule has 0 bridgehead atoms. The summed E-state index contributed by atoms with van der Waals surface area (Å²) in [5.74, 6) is 0.922. The zero-order chi connectivity index (χ0) is 14.9. The average molecular weight is 305 g/mol. The molecule has 0 N–H and O–H groups in total. The molecule has 7 heteroatoms. The molecule has 0 aliphatic carbocycles. The lowest BCUT2D eigenvalue weighted by Gasteiger charge is -2.09. The van der Waals surface area contributed by atoms with Gasteiger partial charge in [-0.2, -0.15) is 13.2 Å². The van der Waals surface area contributed by atoms with Crippen LogP contribution >= 0.6 is 11.6 Å². The first-order valence-corrected chi connectivity index (χ1v) is 6.24. The molecule has 1 heterocycles. The van der Waals surface area contributed by atoms with E-state index in [1.165, 1.54) is 18.7 Å². The number of imidazole rings is 1. The van der Waals surface area contributed by atoms with Crippen molar-refractivity contribution in [3.63, 3.8) is 0 Å². The number of rotatable bonds is 3. The minimum atomic E-state index is -4.47. The molecule has 1 aromatic carbocycles. The zero-order valence-corrected chi connectivity index (χ0v) is 11.6. The first-order chi connectivity index (χ1) is 9.36. The Morgan fingerprint density at radius 2 is 2.05 bits per heavy atom. The number of alkyl halides is 4. The summed E-state index contributed by atoms with van der Waals surface area (Å²) >= 11 is 5.72. The Labute approximate surface area is 119 Å². The summed E-state index contributed by atoms with van der Waals surface area (Å²) in [6.07, 6.45) is -3.52. The Hall–Kier alpha value is -1.69. The first-order valence-electron chi connectivity index (χ1n) is 5.70. The largest absolute Gasteiger partial charge is 0.496 e. The van der Waals surface area contributed by atoms with Crippen molar-refractivity contribution in [2.24, 2.45) is 7.05 Å². The molecule has 0 spiro atoms. The lowest BCUT2D eigenvalue weighted by molar-refractivity contribution is -0.140. The second kappa shape index (κ2) is 5.36. The standard InChI is InChI=1S/C13H12ClF3N2O/c1-19-7-11(13(15,16)17)18-12(19)9-4-3-8(6-14)5-10(9)20-2/h3-5,7H,6H2,1-2H3. The Bertz CT molecular complexity index is 623. The van der Waals surface area contributed by atoms with E-state index in [0.717, 1.165) is 11.8 Å².